The van der Waals surface area contributed by atoms with Crippen LogP contribution in [0.5, 0.6) is 0 Å². The Morgan fingerprint density at radius 1 is 1.28 bits per heavy atom. The van der Waals surface area contributed by atoms with Crippen molar-refractivity contribution in [3.63, 3.8) is 0 Å². The SMILES string of the molecule is Cc1ccsc1C(=CCCN1CCCC[C@H]1C(=O)O)c1ccccc1. The normalized spacial score (nSPS) is 19.1. The van der Waals surface area contributed by atoms with E-state index in [0.29, 0.717) is 0 Å². The molecule has 1 aromatic carbocycles. The lowest BCUT2D eigenvalue weighted by Crippen LogP contribution is -2.44. The number of carboxylic acid groups (broad SMARTS) is 1. The van der Waals surface area contributed by atoms with Gasteiger partial charge in [-0.15, -0.1) is 11.3 Å². The van der Waals surface area contributed by atoms with Crippen LogP contribution in [0.2, 0.25) is 0 Å². The summed E-state index contributed by atoms with van der Waals surface area (Å²) in [4.78, 5) is 14.9. The van der Waals surface area contributed by atoms with Crippen molar-refractivity contribution in [2.45, 2.75) is 38.6 Å². The van der Waals surface area contributed by atoms with Crippen molar-refractivity contribution in [2.75, 3.05) is 13.1 Å². The van der Waals surface area contributed by atoms with E-state index >= 15 is 0 Å². The van der Waals surface area contributed by atoms with E-state index in [1.807, 2.05) is 6.07 Å². The van der Waals surface area contributed by atoms with Crippen molar-refractivity contribution in [3.8, 4) is 0 Å². The van der Waals surface area contributed by atoms with Crippen molar-refractivity contribution in [1.29, 1.82) is 0 Å². The summed E-state index contributed by atoms with van der Waals surface area (Å²) in [6.07, 6.45) is 6.04. The van der Waals surface area contributed by atoms with Crippen LogP contribution in [0.15, 0.2) is 47.9 Å². The summed E-state index contributed by atoms with van der Waals surface area (Å²) in [5, 5.41) is 11.6. The highest BCUT2D eigenvalue weighted by molar-refractivity contribution is 7.11. The van der Waals surface area contributed by atoms with Gasteiger partial charge in [-0.3, -0.25) is 9.69 Å². The second kappa shape index (κ2) is 8.45. The first-order valence-electron chi connectivity index (χ1n) is 8.93. The third kappa shape index (κ3) is 4.39. The van der Waals surface area contributed by atoms with Crippen LogP contribution >= 0.6 is 11.3 Å². The molecule has 1 fully saturated rings. The van der Waals surface area contributed by atoms with E-state index in [1.165, 1.54) is 21.6 Å². The van der Waals surface area contributed by atoms with Crippen LogP contribution in [-0.4, -0.2) is 35.1 Å². The molecule has 1 aliphatic rings. The van der Waals surface area contributed by atoms with Crippen LogP contribution in [0, 0.1) is 6.92 Å². The van der Waals surface area contributed by atoms with Gasteiger partial charge in [-0.2, -0.15) is 0 Å². The Hall–Kier alpha value is -1.91. The second-order valence-corrected chi connectivity index (χ2v) is 7.51. The minimum Gasteiger partial charge on any atom is -0.480 e. The number of aliphatic carboxylic acids is 1. The Balaban J connectivity index is 1.78. The summed E-state index contributed by atoms with van der Waals surface area (Å²) in [5.41, 5.74) is 3.78. The van der Waals surface area contributed by atoms with Crippen molar-refractivity contribution in [2.24, 2.45) is 0 Å². The zero-order chi connectivity index (χ0) is 17.6. The fourth-order valence-electron chi connectivity index (χ4n) is 3.52. The average molecular weight is 356 g/mol. The zero-order valence-electron chi connectivity index (χ0n) is 14.6. The lowest BCUT2D eigenvalue weighted by molar-refractivity contribution is -0.144. The van der Waals surface area contributed by atoms with E-state index in [9.17, 15) is 9.90 Å². The molecule has 1 N–H and O–H groups in total. The molecule has 2 heterocycles. The highest BCUT2D eigenvalue weighted by Crippen LogP contribution is 2.31. The Morgan fingerprint density at radius 3 is 2.76 bits per heavy atom. The number of rotatable bonds is 6. The van der Waals surface area contributed by atoms with Crippen LogP contribution in [-0.2, 0) is 4.79 Å². The molecule has 3 nitrogen and oxygen atoms in total. The van der Waals surface area contributed by atoms with Gasteiger partial charge >= 0.3 is 5.97 Å². The predicted octanol–water partition coefficient (Wildman–Crippen LogP) is 4.82. The highest BCUT2D eigenvalue weighted by Gasteiger charge is 2.27. The quantitative estimate of drug-likeness (QED) is 0.808. The highest BCUT2D eigenvalue weighted by atomic mass is 32.1. The van der Waals surface area contributed by atoms with Crippen LogP contribution < -0.4 is 0 Å². The molecule has 1 atom stereocenters. The molecule has 132 valence electrons. The molecule has 3 rings (SSSR count). The number of carboxylic acids is 1. The average Bonchev–Trinajstić information content (AvgIpc) is 3.05. The summed E-state index contributed by atoms with van der Waals surface area (Å²) in [7, 11) is 0. The van der Waals surface area contributed by atoms with E-state index in [0.717, 1.165) is 38.8 Å². The lowest BCUT2D eigenvalue weighted by atomic mass is 9.99. The van der Waals surface area contributed by atoms with Gasteiger partial charge in [0.2, 0.25) is 0 Å². The van der Waals surface area contributed by atoms with Gasteiger partial charge in [-0.05, 0) is 60.9 Å². The van der Waals surface area contributed by atoms with E-state index in [2.05, 4.69) is 53.6 Å². The number of carbonyl (C=O) groups is 1. The molecule has 0 unspecified atom stereocenters. The molecule has 25 heavy (non-hydrogen) atoms. The maximum atomic E-state index is 11.5. The summed E-state index contributed by atoms with van der Waals surface area (Å²) < 4.78 is 0. The number of benzene rings is 1. The van der Waals surface area contributed by atoms with Gasteiger partial charge in [-0.1, -0.05) is 42.8 Å². The van der Waals surface area contributed by atoms with Crippen LogP contribution in [0.25, 0.3) is 5.57 Å². The number of likely N-dealkylation sites (tertiary alicyclic amines) is 1. The Labute approximate surface area is 153 Å². The molecule has 2 aromatic rings. The number of hydrogen-bond donors (Lipinski definition) is 1. The van der Waals surface area contributed by atoms with Crippen molar-refractivity contribution in [1.82, 2.24) is 4.90 Å². The minimum absolute atomic E-state index is 0.314. The van der Waals surface area contributed by atoms with Gasteiger partial charge in [0.1, 0.15) is 6.04 Å². The number of nitrogens with zero attached hydrogens (tertiary/aromatic N) is 1. The lowest BCUT2D eigenvalue weighted by Gasteiger charge is -2.32. The molecule has 0 amide bonds. The minimum atomic E-state index is -0.680. The molecule has 1 aliphatic heterocycles. The van der Waals surface area contributed by atoms with Crippen LogP contribution in [0.3, 0.4) is 0 Å². The van der Waals surface area contributed by atoms with E-state index < -0.39 is 5.97 Å². The largest absolute Gasteiger partial charge is 0.480 e. The summed E-state index contributed by atoms with van der Waals surface area (Å²) >= 11 is 1.77. The van der Waals surface area contributed by atoms with Crippen LogP contribution in [0.1, 0.15) is 41.7 Å². The molecule has 1 saturated heterocycles. The molecule has 0 spiro atoms. The fourth-order valence-corrected chi connectivity index (χ4v) is 4.51. The fraction of sp³-hybridized carbons (Fsp3) is 0.381. The number of hydrogen-bond acceptors (Lipinski definition) is 3. The first kappa shape index (κ1) is 17.9. The smallest absolute Gasteiger partial charge is 0.320 e. The van der Waals surface area contributed by atoms with Gasteiger partial charge in [0.05, 0.1) is 0 Å². The Morgan fingerprint density at radius 2 is 2.08 bits per heavy atom. The number of piperidine rings is 1. The molecule has 0 radical (unpaired) electrons. The predicted molar refractivity (Wildman–Crippen MR) is 104 cm³/mol. The maximum Gasteiger partial charge on any atom is 0.320 e. The molecular formula is C21H25NO2S. The molecular weight excluding hydrogens is 330 g/mol. The summed E-state index contributed by atoms with van der Waals surface area (Å²) in [5.74, 6) is -0.680. The Bertz CT molecular complexity index is 735. The molecule has 4 heteroatoms. The summed E-state index contributed by atoms with van der Waals surface area (Å²) in [6.45, 7) is 3.84. The molecule has 0 bridgehead atoms. The third-order valence-corrected chi connectivity index (χ3v) is 5.90. The third-order valence-electron chi connectivity index (χ3n) is 4.86. The van der Waals surface area contributed by atoms with E-state index in [4.69, 9.17) is 0 Å². The first-order valence-corrected chi connectivity index (χ1v) is 9.81. The maximum absolute atomic E-state index is 11.5. The first-order chi connectivity index (χ1) is 12.2. The van der Waals surface area contributed by atoms with E-state index in [1.54, 1.807) is 11.3 Å². The molecule has 0 aliphatic carbocycles. The van der Waals surface area contributed by atoms with E-state index in [-0.39, 0.29) is 6.04 Å². The number of thiophene rings is 1. The Kier molecular flexibility index (Phi) is 6.05. The molecule has 1 aromatic heterocycles. The van der Waals surface area contributed by atoms with Crippen molar-refractivity contribution >= 4 is 22.9 Å². The van der Waals surface area contributed by atoms with Gasteiger partial charge < -0.3 is 5.11 Å². The van der Waals surface area contributed by atoms with Gasteiger partial charge in [0.25, 0.3) is 0 Å². The summed E-state index contributed by atoms with van der Waals surface area (Å²) in [6, 6.07) is 12.3. The van der Waals surface area contributed by atoms with Crippen LogP contribution in [0.4, 0.5) is 0 Å². The van der Waals surface area contributed by atoms with Gasteiger partial charge in [-0.25, -0.2) is 0 Å². The van der Waals surface area contributed by atoms with Crippen molar-refractivity contribution < 1.29 is 9.90 Å². The molecule has 0 saturated carbocycles. The number of aryl methyl sites for hydroxylation is 1. The topological polar surface area (TPSA) is 40.5 Å². The second-order valence-electron chi connectivity index (χ2n) is 6.59. The standard InChI is InChI=1S/C21H25NO2S/c1-16-12-15-25-20(16)18(17-8-3-2-4-9-17)10-7-14-22-13-6-5-11-19(22)21(23)24/h2-4,8-10,12,15,19H,5-7,11,13-14H2,1H3,(H,23,24)/t19-/m0/s1. The zero-order valence-corrected chi connectivity index (χ0v) is 15.5. The monoisotopic (exact) mass is 355 g/mol. The van der Waals surface area contributed by atoms with Gasteiger partial charge in [0, 0.05) is 11.4 Å². The van der Waals surface area contributed by atoms with Gasteiger partial charge in [0.15, 0.2) is 0 Å². The van der Waals surface area contributed by atoms with Crippen molar-refractivity contribution in [3.05, 3.63) is 63.9 Å².